The second kappa shape index (κ2) is 13.3. The van der Waals surface area contributed by atoms with E-state index in [0.717, 1.165) is 30.8 Å². The van der Waals surface area contributed by atoms with E-state index in [2.05, 4.69) is 30.4 Å². The fourth-order valence-corrected chi connectivity index (χ4v) is 5.90. The zero-order valence-electron chi connectivity index (χ0n) is 26.6. The minimum atomic E-state index is -4.87. The van der Waals surface area contributed by atoms with Gasteiger partial charge < -0.3 is 24.5 Å². The van der Waals surface area contributed by atoms with Crippen LogP contribution in [0.3, 0.4) is 0 Å². The molecule has 1 aromatic carbocycles. The number of carbonyl (C=O) groups is 1. The molecule has 17 nitrogen and oxygen atoms in total. The average molecular weight is 718 g/mol. The number of anilines is 2. The highest BCUT2D eigenvalue weighted by Crippen LogP contribution is 2.34. The maximum atomic E-state index is 13.7. The summed E-state index contributed by atoms with van der Waals surface area (Å²) >= 11 is 0. The van der Waals surface area contributed by atoms with Crippen LogP contribution in [-0.4, -0.2) is 70.4 Å². The van der Waals surface area contributed by atoms with Gasteiger partial charge in [0, 0.05) is 58.8 Å². The van der Waals surface area contributed by atoms with Crippen LogP contribution in [0.15, 0.2) is 57.2 Å². The van der Waals surface area contributed by atoms with Crippen molar-refractivity contribution in [2.24, 2.45) is 0 Å². The number of hydrogen-bond acceptors (Lipinski definition) is 13. The Morgan fingerprint density at radius 2 is 1.60 bits per heavy atom. The second-order valence-electron chi connectivity index (χ2n) is 10.3. The minimum absolute atomic E-state index is 0.0127. The first-order chi connectivity index (χ1) is 23.5. The van der Waals surface area contributed by atoms with Gasteiger partial charge in [-0.15, -0.1) is 0 Å². The predicted molar refractivity (Wildman–Crippen MR) is 169 cm³/mol. The quantitative estimate of drug-likeness (QED) is 0.163. The van der Waals surface area contributed by atoms with Crippen molar-refractivity contribution in [2.45, 2.75) is 24.9 Å². The van der Waals surface area contributed by atoms with Crippen LogP contribution in [0.2, 0.25) is 0 Å². The Bertz CT molecular complexity index is 2330. The lowest BCUT2D eigenvalue weighted by Crippen LogP contribution is -2.37. The van der Waals surface area contributed by atoms with Crippen LogP contribution in [0.25, 0.3) is 16.9 Å². The first-order valence-corrected chi connectivity index (χ1v) is 15.5. The van der Waals surface area contributed by atoms with Gasteiger partial charge >= 0.3 is 11.9 Å². The Morgan fingerprint density at radius 3 is 2.18 bits per heavy atom. The van der Waals surface area contributed by atoms with Gasteiger partial charge in [0.25, 0.3) is 21.5 Å². The number of nitrogens with zero attached hydrogens (tertiary/aromatic N) is 5. The van der Waals surface area contributed by atoms with E-state index < -0.39 is 49.5 Å². The van der Waals surface area contributed by atoms with E-state index in [0.29, 0.717) is 17.2 Å². The molecule has 0 aliphatic rings. The normalized spacial score (nSPS) is 11.6. The molecule has 0 atom stereocenters. The molecule has 0 spiro atoms. The molecule has 0 fully saturated rings. The number of methoxy groups -OCH3 is 3. The van der Waals surface area contributed by atoms with E-state index >= 15 is 0 Å². The number of aryl methyl sites for hydroxylation is 2. The van der Waals surface area contributed by atoms with Crippen molar-refractivity contribution in [1.29, 1.82) is 0 Å². The molecule has 0 bridgehead atoms. The molecular weight excluding hydrogens is 691 g/mol. The van der Waals surface area contributed by atoms with E-state index in [1.165, 1.54) is 33.5 Å². The van der Waals surface area contributed by atoms with Crippen molar-refractivity contribution in [3.8, 4) is 34.3 Å². The lowest BCUT2D eigenvalue weighted by Gasteiger charge is -2.15. The van der Waals surface area contributed by atoms with E-state index in [-0.39, 0.29) is 40.2 Å². The number of carbonyl (C=O) groups excluding carboxylic acids is 1. The number of amides is 1. The number of ether oxygens (including phenoxy) is 3. The number of H-pyrrole nitrogens is 2. The number of nitrogens with one attached hydrogen (secondary N) is 4. The van der Waals surface area contributed by atoms with Crippen LogP contribution in [0, 0.1) is 13.8 Å². The van der Waals surface area contributed by atoms with Crippen LogP contribution < -0.4 is 35.5 Å². The van der Waals surface area contributed by atoms with Gasteiger partial charge in [0.1, 0.15) is 17.1 Å². The fourth-order valence-electron chi connectivity index (χ4n) is 4.70. The number of aromatic amines is 2. The predicted octanol–water partition coefficient (Wildman–Crippen LogP) is 2.62. The zero-order chi connectivity index (χ0) is 36.5. The highest BCUT2D eigenvalue weighted by molar-refractivity contribution is 7.90. The summed E-state index contributed by atoms with van der Waals surface area (Å²) in [4.78, 5) is 53.0. The zero-order valence-corrected chi connectivity index (χ0v) is 27.4. The average Bonchev–Trinajstić information content (AvgIpc) is 3.45. The Kier molecular flexibility index (Phi) is 9.35. The molecular formula is C29H26F3N9O8S. The molecule has 262 valence electrons. The van der Waals surface area contributed by atoms with E-state index in [4.69, 9.17) is 14.2 Å². The second-order valence-corrected chi connectivity index (χ2v) is 11.9. The highest BCUT2D eigenvalue weighted by Gasteiger charge is 2.35. The first kappa shape index (κ1) is 35.1. The molecule has 4 heterocycles. The maximum absolute atomic E-state index is 13.7. The third kappa shape index (κ3) is 7.11. The molecule has 50 heavy (non-hydrogen) atoms. The summed E-state index contributed by atoms with van der Waals surface area (Å²) in [6.07, 6.45) is -2.39. The molecule has 0 aliphatic heterocycles. The van der Waals surface area contributed by atoms with Crippen LogP contribution in [0.1, 0.15) is 27.4 Å². The van der Waals surface area contributed by atoms with E-state index in [9.17, 15) is 36.0 Å². The summed E-state index contributed by atoms with van der Waals surface area (Å²) in [6.45, 7) is 2.51. The largest absolute Gasteiger partial charge is 0.497 e. The van der Waals surface area contributed by atoms with Gasteiger partial charge in [-0.1, -0.05) is 0 Å². The van der Waals surface area contributed by atoms with Crippen molar-refractivity contribution in [2.75, 3.05) is 26.6 Å². The van der Waals surface area contributed by atoms with Gasteiger partial charge in [0.2, 0.25) is 11.8 Å². The number of hydrogen-bond donors (Lipinski definition) is 4. The summed E-state index contributed by atoms with van der Waals surface area (Å²) in [5.74, 6) is -1.10. The Balaban J connectivity index is 1.63. The Morgan fingerprint density at radius 1 is 0.920 bits per heavy atom. The van der Waals surface area contributed by atoms with Gasteiger partial charge in [-0.3, -0.25) is 14.6 Å². The van der Waals surface area contributed by atoms with Gasteiger partial charge in [0.15, 0.2) is 16.4 Å². The lowest BCUT2D eigenvalue weighted by atomic mass is 10.1. The molecule has 0 saturated heterocycles. The third-order valence-electron chi connectivity index (χ3n) is 6.93. The topological polar surface area (TPSA) is 225 Å². The van der Waals surface area contributed by atoms with Gasteiger partial charge in [-0.25, -0.2) is 32.6 Å². The van der Waals surface area contributed by atoms with Crippen molar-refractivity contribution in [3.05, 3.63) is 86.2 Å². The van der Waals surface area contributed by atoms with Gasteiger partial charge in [0.05, 0.1) is 21.3 Å². The summed E-state index contributed by atoms with van der Waals surface area (Å²) in [6, 6.07) is 6.74. The molecule has 5 aromatic rings. The minimum Gasteiger partial charge on any atom is -0.497 e. The van der Waals surface area contributed by atoms with Crippen molar-refractivity contribution in [1.82, 2.24) is 39.4 Å². The first-order valence-electron chi connectivity index (χ1n) is 14.0. The van der Waals surface area contributed by atoms with Crippen molar-refractivity contribution >= 4 is 27.6 Å². The number of halogens is 3. The molecule has 21 heteroatoms. The number of pyridine rings is 1. The van der Waals surface area contributed by atoms with Gasteiger partial charge in [-0.05, 0) is 26.0 Å². The molecule has 0 aliphatic carbocycles. The van der Waals surface area contributed by atoms with Crippen LogP contribution >= 0.6 is 0 Å². The third-order valence-corrected chi connectivity index (χ3v) is 8.41. The summed E-state index contributed by atoms with van der Waals surface area (Å²) in [7, 11) is -0.834. The Hall–Kier alpha value is -6.25. The monoisotopic (exact) mass is 717 g/mol. The molecule has 5 rings (SSSR count). The molecule has 4 N–H and O–H groups in total. The number of aromatic nitrogens is 7. The summed E-state index contributed by atoms with van der Waals surface area (Å²) < 4.78 is 85.5. The van der Waals surface area contributed by atoms with Crippen LogP contribution in [-0.2, 0) is 16.2 Å². The van der Waals surface area contributed by atoms with Crippen LogP contribution in [0.4, 0.5) is 24.8 Å². The van der Waals surface area contributed by atoms with E-state index in [1.807, 2.05) is 0 Å². The number of alkyl halides is 3. The standard InChI is InChI=1S/C29H26F3N9O8S/c1-13-6-21(29(30,31)32)39-41(13)23-20(12-34-27(37-23)36-16-8-17(47-3)10-18(9-16)48-4)15-7-19(26(49-5)33-11-15)24(42)40-50(45,46)22-14(2)35-28(44)38-25(22)43/h6-12H,1-5H3,(H,40,42)(H,34,36,37)(H2,35,38,43,44). The maximum Gasteiger partial charge on any atom is 0.435 e. The van der Waals surface area contributed by atoms with Crippen molar-refractivity contribution in [3.63, 3.8) is 0 Å². The highest BCUT2D eigenvalue weighted by atomic mass is 32.2. The smallest absolute Gasteiger partial charge is 0.435 e. The summed E-state index contributed by atoms with van der Waals surface area (Å²) in [5, 5.41) is 6.65. The Labute approximate surface area is 279 Å². The van der Waals surface area contributed by atoms with Crippen molar-refractivity contribution < 1.29 is 40.6 Å². The van der Waals surface area contributed by atoms with Gasteiger partial charge in [-0.2, -0.15) is 23.3 Å². The molecule has 4 aromatic heterocycles. The fraction of sp³-hybridized carbons (Fsp3) is 0.207. The number of benzene rings is 1. The van der Waals surface area contributed by atoms with Crippen LogP contribution in [0.5, 0.6) is 17.4 Å². The SMILES string of the molecule is COc1cc(Nc2ncc(-c3cnc(OC)c(C(=O)NS(=O)(=O)c4c(C)[nH]c(=O)[nH]c4=O)c3)c(-n3nc(C(F)(F)F)cc3C)n2)cc(OC)c1. The molecule has 1 amide bonds. The van der Waals surface area contributed by atoms with E-state index in [1.54, 1.807) is 27.9 Å². The molecule has 0 radical (unpaired) electrons. The summed E-state index contributed by atoms with van der Waals surface area (Å²) in [5.41, 5.74) is -3.79. The lowest BCUT2D eigenvalue weighted by molar-refractivity contribution is -0.141. The number of rotatable bonds is 10. The molecule has 0 saturated carbocycles. The molecule has 0 unspecified atom stereocenters. The number of sulfonamides is 1.